The summed E-state index contributed by atoms with van der Waals surface area (Å²) in [6.07, 6.45) is 0.391. The van der Waals surface area contributed by atoms with Crippen LogP contribution in [0.2, 0.25) is 5.02 Å². The van der Waals surface area contributed by atoms with E-state index in [1.807, 2.05) is 24.3 Å². The van der Waals surface area contributed by atoms with Gasteiger partial charge in [0.2, 0.25) is 0 Å². The third-order valence-corrected chi connectivity index (χ3v) is 3.34. The van der Waals surface area contributed by atoms with Crippen LogP contribution in [0.1, 0.15) is 19.4 Å². The van der Waals surface area contributed by atoms with Crippen LogP contribution in [0.25, 0.3) is 0 Å². The molecule has 4 heteroatoms. The molecule has 1 amide bonds. The molecular formula is C17H18ClNO2. The maximum atomic E-state index is 12.1. The van der Waals surface area contributed by atoms with Gasteiger partial charge in [-0.1, -0.05) is 36.7 Å². The number of carbonyl (C=O) groups excluding carboxylic acids is 1. The number of anilines is 1. The summed E-state index contributed by atoms with van der Waals surface area (Å²) in [7, 11) is 0. The molecule has 0 bridgehead atoms. The van der Waals surface area contributed by atoms with Crippen molar-refractivity contribution in [2.75, 3.05) is 5.32 Å². The van der Waals surface area contributed by atoms with Crippen molar-refractivity contribution in [3.8, 4) is 5.75 Å². The average molecular weight is 304 g/mol. The number of carbonyl (C=O) groups is 1. The lowest BCUT2D eigenvalue weighted by atomic mass is 10.2. The number of rotatable bonds is 5. The van der Waals surface area contributed by atoms with E-state index >= 15 is 0 Å². The molecule has 2 aromatic carbocycles. The number of amides is 1. The van der Waals surface area contributed by atoms with Crippen molar-refractivity contribution in [2.24, 2.45) is 0 Å². The highest BCUT2D eigenvalue weighted by molar-refractivity contribution is 6.30. The minimum absolute atomic E-state index is 0.211. The predicted octanol–water partition coefficient (Wildman–Crippen LogP) is 4.31. The van der Waals surface area contributed by atoms with Crippen molar-refractivity contribution in [1.29, 1.82) is 0 Å². The Morgan fingerprint density at radius 1 is 1.24 bits per heavy atom. The number of halogens is 1. The first-order chi connectivity index (χ1) is 10.1. The maximum Gasteiger partial charge on any atom is 0.265 e. The first kappa shape index (κ1) is 15.4. The molecule has 0 aromatic heterocycles. The molecule has 1 atom stereocenters. The summed E-state index contributed by atoms with van der Waals surface area (Å²) in [5.74, 6) is 0.470. The van der Waals surface area contributed by atoms with Crippen LogP contribution < -0.4 is 10.1 Å². The van der Waals surface area contributed by atoms with Gasteiger partial charge < -0.3 is 10.1 Å². The minimum atomic E-state index is -0.587. The first-order valence-electron chi connectivity index (χ1n) is 6.90. The Bertz CT molecular complexity index is 610. The first-order valence-corrected chi connectivity index (χ1v) is 7.28. The van der Waals surface area contributed by atoms with Gasteiger partial charge >= 0.3 is 0 Å². The number of hydrogen-bond acceptors (Lipinski definition) is 2. The van der Waals surface area contributed by atoms with Crippen molar-refractivity contribution >= 4 is 23.2 Å². The third kappa shape index (κ3) is 4.50. The van der Waals surface area contributed by atoms with Crippen LogP contribution in [-0.4, -0.2) is 12.0 Å². The summed E-state index contributed by atoms with van der Waals surface area (Å²) in [6, 6.07) is 14.8. The van der Waals surface area contributed by atoms with Gasteiger partial charge in [-0.2, -0.15) is 0 Å². The summed E-state index contributed by atoms with van der Waals surface area (Å²) >= 11 is 5.88. The number of hydrogen-bond donors (Lipinski definition) is 1. The highest BCUT2D eigenvalue weighted by atomic mass is 35.5. The van der Waals surface area contributed by atoms with E-state index in [4.69, 9.17) is 16.3 Å². The Labute approximate surface area is 129 Å². The van der Waals surface area contributed by atoms with Crippen LogP contribution in [-0.2, 0) is 11.2 Å². The van der Waals surface area contributed by atoms with Crippen LogP contribution >= 0.6 is 11.6 Å². The van der Waals surface area contributed by atoms with Gasteiger partial charge in [0.15, 0.2) is 6.10 Å². The summed E-state index contributed by atoms with van der Waals surface area (Å²) in [6.45, 7) is 3.81. The van der Waals surface area contributed by atoms with E-state index < -0.39 is 6.10 Å². The standard InChI is InChI=1S/C17H18ClNO2/c1-3-13-7-9-16(10-8-13)21-12(2)17(20)19-15-6-4-5-14(18)11-15/h4-12H,3H2,1-2H3,(H,19,20)/t12-/m1/s1. The van der Waals surface area contributed by atoms with Gasteiger partial charge in [0.25, 0.3) is 5.91 Å². The monoisotopic (exact) mass is 303 g/mol. The van der Waals surface area contributed by atoms with E-state index in [2.05, 4.69) is 12.2 Å². The van der Waals surface area contributed by atoms with E-state index in [0.717, 1.165) is 6.42 Å². The minimum Gasteiger partial charge on any atom is -0.481 e. The van der Waals surface area contributed by atoms with Gasteiger partial charge in [-0.15, -0.1) is 0 Å². The van der Waals surface area contributed by atoms with Crippen LogP contribution in [0, 0.1) is 0 Å². The lowest BCUT2D eigenvalue weighted by Crippen LogP contribution is -2.30. The van der Waals surface area contributed by atoms with E-state index in [9.17, 15) is 4.79 Å². The molecule has 0 aliphatic rings. The molecule has 2 aromatic rings. The second kappa shape index (κ2) is 7.14. The molecule has 0 aliphatic carbocycles. The van der Waals surface area contributed by atoms with Crippen molar-refractivity contribution in [3.63, 3.8) is 0 Å². The zero-order chi connectivity index (χ0) is 15.2. The Balaban J connectivity index is 1.95. The van der Waals surface area contributed by atoms with Gasteiger partial charge in [0, 0.05) is 10.7 Å². The molecule has 0 saturated heterocycles. The molecule has 3 nitrogen and oxygen atoms in total. The van der Waals surface area contributed by atoms with Crippen molar-refractivity contribution in [3.05, 3.63) is 59.1 Å². The highest BCUT2D eigenvalue weighted by Gasteiger charge is 2.14. The van der Waals surface area contributed by atoms with Gasteiger partial charge in [-0.3, -0.25) is 4.79 Å². The number of nitrogens with one attached hydrogen (secondary N) is 1. The summed E-state index contributed by atoms with van der Waals surface area (Å²) in [5.41, 5.74) is 1.89. The fourth-order valence-electron chi connectivity index (χ4n) is 1.87. The molecule has 0 saturated carbocycles. The molecule has 0 aliphatic heterocycles. The van der Waals surface area contributed by atoms with Crippen LogP contribution in [0.15, 0.2) is 48.5 Å². The Kier molecular flexibility index (Phi) is 5.23. The molecule has 0 heterocycles. The number of ether oxygens (including phenoxy) is 1. The Morgan fingerprint density at radius 2 is 1.95 bits per heavy atom. The summed E-state index contributed by atoms with van der Waals surface area (Å²) in [4.78, 5) is 12.1. The Morgan fingerprint density at radius 3 is 2.57 bits per heavy atom. The maximum absolute atomic E-state index is 12.1. The molecule has 0 radical (unpaired) electrons. The lowest BCUT2D eigenvalue weighted by molar-refractivity contribution is -0.122. The summed E-state index contributed by atoms with van der Waals surface area (Å²) in [5, 5.41) is 3.36. The van der Waals surface area contributed by atoms with Gasteiger partial charge in [0.1, 0.15) is 5.75 Å². The normalized spacial score (nSPS) is 11.8. The molecule has 1 N–H and O–H groups in total. The molecule has 110 valence electrons. The molecular weight excluding hydrogens is 286 g/mol. The van der Waals surface area contributed by atoms with Crippen LogP contribution in [0.4, 0.5) is 5.69 Å². The van der Waals surface area contributed by atoms with Crippen molar-refractivity contribution in [1.82, 2.24) is 0 Å². The van der Waals surface area contributed by atoms with Gasteiger partial charge in [0.05, 0.1) is 0 Å². The van der Waals surface area contributed by atoms with Crippen LogP contribution in [0.5, 0.6) is 5.75 Å². The molecule has 0 spiro atoms. The fraction of sp³-hybridized carbons (Fsp3) is 0.235. The smallest absolute Gasteiger partial charge is 0.265 e. The van der Waals surface area contributed by atoms with Gasteiger partial charge in [-0.05, 0) is 49.2 Å². The SMILES string of the molecule is CCc1ccc(O[C@H](C)C(=O)Nc2cccc(Cl)c2)cc1. The molecule has 0 fully saturated rings. The number of benzene rings is 2. The Hall–Kier alpha value is -2.00. The van der Waals surface area contributed by atoms with Crippen molar-refractivity contribution < 1.29 is 9.53 Å². The summed E-state index contributed by atoms with van der Waals surface area (Å²) < 4.78 is 5.63. The predicted molar refractivity (Wildman–Crippen MR) is 86.0 cm³/mol. The van der Waals surface area contributed by atoms with E-state index in [1.54, 1.807) is 31.2 Å². The fourth-order valence-corrected chi connectivity index (χ4v) is 2.06. The molecule has 2 rings (SSSR count). The van der Waals surface area contributed by atoms with Crippen LogP contribution in [0.3, 0.4) is 0 Å². The highest BCUT2D eigenvalue weighted by Crippen LogP contribution is 2.17. The van der Waals surface area contributed by atoms with E-state index in [0.29, 0.717) is 16.5 Å². The van der Waals surface area contributed by atoms with Gasteiger partial charge in [-0.25, -0.2) is 0 Å². The zero-order valence-corrected chi connectivity index (χ0v) is 12.9. The van der Waals surface area contributed by atoms with E-state index in [-0.39, 0.29) is 5.91 Å². The third-order valence-electron chi connectivity index (χ3n) is 3.11. The lowest BCUT2D eigenvalue weighted by Gasteiger charge is -2.15. The van der Waals surface area contributed by atoms with E-state index in [1.165, 1.54) is 5.56 Å². The average Bonchev–Trinajstić information content (AvgIpc) is 2.48. The zero-order valence-electron chi connectivity index (χ0n) is 12.1. The topological polar surface area (TPSA) is 38.3 Å². The molecule has 21 heavy (non-hydrogen) atoms. The van der Waals surface area contributed by atoms with Crippen molar-refractivity contribution in [2.45, 2.75) is 26.4 Å². The quantitative estimate of drug-likeness (QED) is 0.894. The second-order valence-electron chi connectivity index (χ2n) is 4.76. The largest absolute Gasteiger partial charge is 0.481 e. The second-order valence-corrected chi connectivity index (χ2v) is 5.19. The molecule has 0 unspecified atom stereocenters. The number of aryl methyl sites for hydroxylation is 1.